The van der Waals surface area contributed by atoms with E-state index in [9.17, 15) is 14.4 Å². The largest absolute Gasteiger partial charge is 0.494 e. The summed E-state index contributed by atoms with van der Waals surface area (Å²) in [4.78, 5) is 38.6. The molecule has 1 fully saturated rings. The molecule has 3 amide bonds. The summed E-state index contributed by atoms with van der Waals surface area (Å²) in [6, 6.07) is 9.42. The molecule has 1 aliphatic heterocycles. The van der Waals surface area contributed by atoms with Crippen molar-refractivity contribution in [2.45, 2.75) is 25.8 Å². The van der Waals surface area contributed by atoms with Crippen LogP contribution in [-0.2, 0) is 9.59 Å². The highest BCUT2D eigenvalue weighted by Crippen LogP contribution is 2.25. The van der Waals surface area contributed by atoms with E-state index in [1.165, 1.54) is 11.3 Å². The molecule has 7 nitrogen and oxygen atoms in total. The number of carbonyl (C=O) groups is 3. The summed E-state index contributed by atoms with van der Waals surface area (Å²) in [7, 11) is 0. The lowest BCUT2D eigenvalue weighted by atomic mass is 10.2. The van der Waals surface area contributed by atoms with E-state index in [1.54, 1.807) is 36.4 Å². The first-order valence-corrected chi connectivity index (χ1v) is 10.0. The first-order chi connectivity index (χ1) is 13.0. The smallest absolute Gasteiger partial charge is 0.275 e. The van der Waals surface area contributed by atoms with E-state index < -0.39 is 11.9 Å². The summed E-state index contributed by atoms with van der Waals surface area (Å²) >= 11 is 4.57. The normalized spacial score (nSPS) is 16.7. The van der Waals surface area contributed by atoms with Gasteiger partial charge in [-0.25, -0.2) is 10.3 Å². The third-order valence-corrected chi connectivity index (χ3v) is 5.49. The highest BCUT2D eigenvalue weighted by atomic mass is 79.9. The highest BCUT2D eigenvalue weighted by Gasteiger charge is 2.39. The molecule has 142 valence electrons. The second kappa shape index (κ2) is 8.64. The number of ether oxygens (including phenoxy) is 1. The van der Waals surface area contributed by atoms with E-state index in [0.717, 1.165) is 15.1 Å². The van der Waals surface area contributed by atoms with Gasteiger partial charge in [-0.2, -0.15) is 0 Å². The van der Waals surface area contributed by atoms with Crippen LogP contribution in [0.5, 0.6) is 5.75 Å². The molecule has 0 radical (unpaired) electrons. The molecule has 1 aliphatic rings. The molecule has 1 saturated heterocycles. The fourth-order valence-corrected chi connectivity index (χ4v) is 3.86. The number of hydrazine groups is 1. The minimum absolute atomic E-state index is 0.0265. The summed E-state index contributed by atoms with van der Waals surface area (Å²) in [5.74, 6) is -0.409. The Kier molecular flexibility index (Phi) is 6.25. The van der Waals surface area contributed by atoms with Crippen LogP contribution in [0.2, 0.25) is 0 Å². The number of hydrogen-bond donors (Lipinski definition) is 2. The molecule has 0 aliphatic carbocycles. The van der Waals surface area contributed by atoms with E-state index >= 15 is 0 Å². The van der Waals surface area contributed by atoms with Gasteiger partial charge in [-0.05, 0) is 58.7 Å². The zero-order valence-corrected chi connectivity index (χ0v) is 16.9. The summed E-state index contributed by atoms with van der Waals surface area (Å²) in [5, 5.41) is 0. The number of halogens is 1. The number of nitrogens with zero attached hydrogens (tertiary/aromatic N) is 1. The van der Waals surface area contributed by atoms with Gasteiger partial charge in [0.2, 0.25) is 5.91 Å². The zero-order valence-electron chi connectivity index (χ0n) is 14.5. The Morgan fingerprint density at radius 3 is 2.63 bits per heavy atom. The van der Waals surface area contributed by atoms with Crippen molar-refractivity contribution in [2.75, 3.05) is 11.5 Å². The predicted molar refractivity (Wildman–Crippen MR) is 106 cm³/mol. The molecule has 1 unspecified atom stereocenters. The van der Waals surface area contributed by atoms with Gasteiger partial charge in [0, 0.05) is 0 Å². The van der Waals surface area contributed by atoms with Gasteiger partial charge in [0.05, 0.1) is 27.4 Å². The van der Waals surface area contributed by atoms with E-state index in [4.69, 9.17) is 4.74 Å². The van der Waals surface area contributed by atoms with Crippen molar-refractivity contribution in [3.8, 4) is 5.75 Å². The molecule has 0 spiro atoms. The SMILES string of the molecule is CCCOc1ccc(N2C(=O)CC(NNC(=O)c3ccc(Br)s3)C2=O)cc1. The molecule has 0 bridgehead atoms. The summed E-state index contributed by atoms with van der Waals surface area (Å²) in [6.07, 6.45) is 0.869. The number of imide groups is 1. The third kappa shape index (κ3) is 4.55. The minimum Gasteiger partial charge on any atom is -0.494 e. The van der Waals surface area contributed by atoms with Crippen molar-refractivity contribution < 1.29 is 19.1 Å². The molecule has 27 heavy (non-hydrogen) atoms. The van der Waals surface area contributed by atoms with Crippen molar-refractivity contribution in [3.63, 3.8) is 0 Å². The van der Waals surface area contributed by atoms with Gasteiger partial charge in [-0.15, -0.1) is 11.3 Å². The molecule has 2 heterocycles. The van der Waals surface area contributed by atoms with Crippen LogP contribution in [-0.4, -0.2) is 30.4 Å². The molecule has 9 heteroatoms. The number of amides is 3. The summed E-state index contributed by atoms with van der Waals surface area (Å²) in [6.45, 7) is 2.62. The van der Waals surface area contributed by atoms with Gasteiger partial charge in [0.15, 0.2) is 0 Å². The van der Waals surface area contributed by atoms with Crippen molar-refractivity contribution in [2.24, 2.45) is 0 Å². The lowest BCUT2D eigenvalue weighted by molar-refractivity contribution is -0.121. The van der Waals surface area contributed by atoms with E-state index in [2.05, 4.69) is 26.8 Å². The Hall–Kier alpha value is -2.23. The monoisotopic (exact) mass is 451 g/mol. The maximum absolute atomic E-state index is 12.6. The van der Waals surface area contributed by atoms with Crippen LogP contribution in [0.15, 0.2) is 40.2 Å². The van der Waals surface area contributed by atoms with E-state index in [-0.39, 0.29) is 18.2 Å². The molecule has 3 rings (SSSR count). The first-order valence-electron chi connectivity index (χ1n) is 8.40. The van der Waals surface area contributed by atoms with E-state index in [1.807, 2.05) is 6.92 Å². The maximum Gasteiger partial charge on any atom is 0.275 e. The van der Waals surface area contributed by atoms with Gasteiger partial charge < -0.3 is 4.74 Å². The van der Waals surface area contributed by atoms with Gasteiger partial charge in [-0.3, -0.25) is 19.8 Å². The maximum atomic E-state index is 12.6. The molecule has 1 aromatic heterocycles. The number of carbonyl (C=O) groups excluding carboxylic acids is 3. The van der Waals surface area contributed by atoms with Crippen LogP contribution in [0.1, 0.15) is 29.4 Å². The number of anilines is 1. The third-order valence-electron chi connectivity index (χ3n) is 3.87. The number of rotatable bonds is 7. The topological polar surface area (TPSA) is 87.7 Å². The Bertz CT molecular complexity index is 853. The predicted octanol–water partition coefficient (Wildman–Crippen LogP) is 2.87. The van der Waals surface area contributed by atoms with Crippen LogP contribution in [0, 0.1) is 0 Å². The average molecular weight is 452 g/mol. The second-order valence-electron chi connectivity index (χ2n) is 5.87. The number of thiophene rings is 1. The zero-order chi connectivity index (χ0) is 19.4. The average Bonchev–Trinajstić information content (AvgIpc) is 3.21. The van der Waals surface area contributed by atoms with Crippen LogP contribution in [0.4, 0.5) is 5.69 Å². The first kappa shape index (κ1) is 19.5. The molecular weight excluding hydrogens is 434 g/mol. The Balaban J connectivity index is 1.61. The summed E-state index contributed by atoms with van der Waals surface area (Å²) < 4.78 is 6.34. The van der Waals surface area contributed by atoms with Gasteiger partial charge in [0.1, 0.15) is 11.8 Å². The molecular formula is C18H18BrN3O4S. The Morgan fingerprint density at radius 1 is 1.26 bits per heavy atom. The lowest BCUT2D eigenvalue weighted by Crippen LogP contribution is -2.48. The Labute approximate surface area is 168 Å². The minimum atomic E-state index is -0.805. The van der Waals surface area contributed by atoms with Crippen LogP contribution in [0.25, 0.3) is 0 Å². The molecule has 2 aromatic rings. The van der Waals surface area contributed by atoms with Crippen molar-refractivity contribution in [1.29, 1.82) is 0 Å². The van der Waals surface area contributed by atoms with Crippen LogP contribution < -0.4 is 20.5 Å². The quantitative estimate of drug-likeness (QED) is 0.499. The standard InChI is InChI=1S/C18H18BrN3O4S/c1-2-9-26-12-5-3-11(4-6-12)22-16(23)10-13(18(22)25)20-21-17(24)14-7-8-15(19)27-14/h3-8,13,20H,2,9-10H2,1H3,(H,21,24). The van der Waals surface area contributed by atoms with Crippen molar-refractivity contribution in [3.05, 3.63) is 45.1 Å². The van der Waals surface area contributed by atoms with Crippen LogP contribution >= 0.6 is 27.3 Å². The second-order valence-corrected chi connectivity index (χ2v) is 8.33. The molecule has 1 aromatic carbocycles. The fraction of sp³-hybridized carbons (Fsp3) is 0.278. The number of nitrogens with one attached hydrogen (secondary N) is 2. The summed E-state index contributed by atoms with van der Waals surface area (Å²) in [5.41, 5.74) is 5.63. The number of benzene rings is 1. The molecule has 2 N–H and O–H groups in total. The van der Waals surface area contributed by atoms with Crippen LogP contribution in [0.3, 0.4) is 0 Å². The van der Waals surface area contributed by atoms with Crippen molar-refractivity contribution in [1.82, 2.24) is 10.9 Å². The van der Waals surface area contributed by atoms with Gasteiger partial charge in [0.25, 0.3) is 11.8 Å². The molecule has 1 atom stereocenters. The van der Waals surface area contributed by atoms with E-state index in [0.29, 0.717) is 22.9 Å². The lowest BCUT2D eigenvalue weighted by Gasteiger charge is -2.16. The number of hydrogen-bond acceptors (Lipinski definition) is 6. The van der Waals surface area contributed by atoms with Gasteiger partial charge >= 0.3 is 0 Å². The Morgan fingerprint density at radius 2 is 2.00 bits per heavy atom. The van der Waals surface area contributed by atoms with Gasteiger partial charge in [-0.1, -0.05) is 6.92 Å². The fourth-order valence-electron chi connectivity index (χ4n) is 2.58. The highest BCUT2D eigenvalue weighted by molar-refractivity contribution is 9.11. The van der Waals surface area contributed by atoms with Crippen molar-refractivity contribution >= 4 is 50.7 Å². The molecule has 0 saturated carbocycles.